The van der Waals surface area contributed by atoms with Gasteiger partial charge in [0.2, 0.25) is 5.95 Å². The second-order valence-corrected chi connectivity index (χ2v) is 8.08. The van der Waals surface area contributed by atoms with Crippen LogP contribution in [0.2, 0.25) is 0 Å². The molecule has 3 heterocycles. The van der Waals surface area contributed by atoms with Crippen LogP contribution in [0.5, 0.6) is 0 Å². The van der Waals surface area contributed by atoms with Gasteiger partial charge in [0.25, 0.3) is 0 Å². The van der Waals surface area contributed by atoms with E-state index in [0.717, 1.165) is 41.4 Å². The van der Waals surface area contributed by atoms with Gasteiger partial charge in [-0.05, 0) is 24.6 Å². The van der Waals surface area contributed by atoms with Gasteiger partial charge in [0.15, 0.2) is 10.9 Å². The second-order valence-electron chi connectivity index (χ2n) is 7.00. The maximum atomic E-state index is 12.4. The zero-order chi connectivity index (χ0) is 20.2. The minimum Gasteiger partial charge on any atom is -0.394 e. The number of carbonyl (C=O) groups is 1. The summed E-state index contributed by atoms with van der Waals surface area (Å²) in [6, 6.07) is 5.62. The number of aliphatic hydroxyl groups is 1. The predicted octanol–water partition coefficient (Wildman–Crippen LogP) is 2.39. The number of aryl methyl sites for hydroxylation is 1. The number of rotatable bonds is 9. The van der Waals surface area contributed by atoms with Gasteiger partial charge < -0.3 is 25.0 Å². The first-order chi connectivity index (χ1) is 14.2. The largest absolute Gasteiger partial charge is 0.394 e. The van der Waals surface area contributed by atoms with Crippen molar-refractivity contribution in [1.82, 2.24) is 19.9 Å². The number of thiazole rings is 1. The monoisotopic (exact) mass is 415 g/mol. The van der Waals surface area contributed by atoms with E-state index in [2.05, 4.69) is 15.6 Å². The highest BCUT2D eigenvalue weighted by Crippen LogP contribution is 2.29. The Balaban J connectivity index is 1.47. The molecule has 8 nitrogen and oxygen atoms in total. The van der Waals surface area contributed by atoms with Crippen molar-refractivity contribution in [3.63, 3.8) is 0 Å². The minimum absolute atomic E-state index is 0.00116. The van der Waals surface area contributed by atoms with Crippen LogP contribution in [0.15, 0.2) is 18.2 Å². The highest BCUT2D eigenvalue weighted by atomic mass is 32.1. The molecule has 2 aromatic heterocycles. The third-order valence-electron chi connectivity index (χ3n) is 4.95. The Morgan fingerprint density at radius 2 is 2.28 bits per heavy atom. The van der Waals surface area contributed by atoms with Crippen molar-refractivity contribution in [1.29, 1.82) is 0 Å². The van der Waals surface area contributed by atoms with Gasteiger partial charge in [-0.1, -0.05) is 0 Å². The van der Waals surface area contributed by atoms with Gasteiger partial charge in [-0.3, -0.25) is 4.79 Å². The predicted molar refractivity (Wildman–Crippen MR) is 113 cm³/mol. The Labute approximate surface area is 172 Å². The molecule has 3 aromatic rings. The average molecular weight is 416 g/mol. The number of imidazole rings is 1. The molecule has 29 heavy (non-hydrogen) atoms. The maximum absolute atomic E-state index is 12.4. The fourth-order valence-corrected chi connectivity index (χ4v) is 4.38. The number of aromatic nitrogens is 3. The Hall–Kier alpha value is -2.33. The standard InChI is InChI=1S/C20H25N5O3S/c1-25-16-5-4-13(17(27)3-2-9-28-10-8-26)11-15(16)22-19(25)24-20-23-14-6-7-21-12-18(14)29-20/h4-5,11,21,26H,2-3,6-10,12H2,1H3,(H,22,23,24). The Bertz CT molecular complexity index is 990. The van der Waals surface area contributed by atoms with Crippen molar-refractivity contribution in [2.24, 2.45) is 7.05 Å². The number of ether oxygens (including phenoxy) is 1. The number of nitrogens with zero attached hydrogens (tertiary/aromatic N) is 3. The molecule has 1 aliphatic heterocycles. The first-order valence-corrected chi connectivity index (χ1v) is 10.6. The SMILES string of the molecule is Cn1c(Nc2nc3c(s2)CNCC3)nc2cc(C(=O)CCCOCCO)ccc21. The molecule has 1 aromatic carbocycles. The quantitative estimate of drug-likeness (QED) is 0.364. The molecule has 4 rings (SSSR count). The number of nitrogens with one attached hydrogen (secondary N) is 2. The molecule has 0 bridgehead atoms. The van der Waals surface area contributed by atoms with Gasteiger partial charge in [-0.15, -0.1) is 11.3 Å². The van der Waals surface area contributed by atoms with E-state index < -0.39 is 0 Å². The number of hydrogen-bond acceptors (Lipinski definition) is 8. The summed E-state index contributed by atoms with van der Waals surface area (Å²) in [5.41, 5.74) is 3.55. The minimum atomic E-state index is 0.00116. The van der Waals surface area contributed by atoms with Gasteiger partial charge in [-0.25, -0.2) is 9.97 Å². The number of benzene rings is 1. The summed E-state index contributed by atoms with van der Waals surface area (Å²) in [4.78, 5) is 23.1. The Kier molecular flexibility index (Phi) is 6.19. The lowest BCUT2D eigenvalue weighted by molar-refractivity contribution is 0.0832. The van der Waals surface area contributed by atoms with Crippen molar-refractivity contribution in [3.05, 3.63) is 34.3 Å². The third kappa shape index (κ3) is 4.48. The van der Waals surface area contributed by atoms with Crippen LogP contribution in [-0.2, 0) is 24.8 Å². The van der Waals surface area contributed by atoms with E-state index in [1.807, 2.05) is 29.8 Å². The summed E-state index contributed by atoms with van der Waals surface area (Å²) in [5, 5.41) is 16.2. The van der Waals surface area contributed by atoms with Crippen LogP contribution < -0.4 is 10.6 Å². The van der Waals surface area contributed by atoms with E-state index in [-0.39, 0.29) is 12.4 Å². The van der Waals surface area contributed by atoms with Crippen LogP contribution in [0.4, 0.5) is 11.1 Å². The van der Waals surface area contributed by atoms with Crippen molar-refractivity contribution in [2.45, 2.75) is 25.8 Å². The molecule has 0 radical (unpaired) electrons. The molecular formula is C20H25N5O3S. The van der Waals surface area contributed by atoms with E-state index in [1.165, 1.54) is 4.88 Å². The number of aliphatic hydroxyl groups excluding tert-OH is 1. The molecule has 0 amide bonds. The summed E-state index contributed by atoms with van der Waals surface area (Å²) in [5.74, 6) is 0.779. The van der Waals surface area contributed by atoms with Crippen LogP contribution in [0.25, 0.3) is 11.0 Å². The first-order valence-electron chi connectivity index (χ1n) is 9.80. The zero-order valence-electron chi connectivity index (χ0n) is 16.4. The number of hydrogen-bond donors (Lipinski definition) is 3. The van der Waals surface area contributed by atoms with Crippen LogP contribution in [0.3, 0.4) is 0 Å². The van der Waals surface area contributed by atoms with Gasteiger partial charge in [-0.2, -0.15) is 0 Å². The molecule has 0 aliphatic carbocycles. The van der Waals surface area contributed by atoms with Crippen LogP contribution >= 0.6 is 11.3 Å². The fourth-order valence-electron chi connectivity index (χ4n) is 3.41. The highest BCUT2D eigenvalue weighted by Gasteiger charge is 2.17. The Morgan fingerprint density at radius 1 is 1.38 bits per heavy atom. The molecule has 0 unspecified atom stereocenters. The van der Waals surface area contributed by atoms with Crippen LogP contribution in [-0.4, -0.2) is 51.8 Å². The van der Waals surface area contributed by atoms with Crippen molar-refractivity contribution in [2.75, 3.05) is 31.7 Å². The van der Waals surface area contributed by atoms with Crippen LogP contribution in [0, 0.1) is 0 Å². The molecule has 1 aliphatic rings. The normalized spacial score (nSPS) is 13.6. The van der Waals surface area contributed by atoms with Gasteiger partial charge >= 0.3 is 0 Å². The molecule has 9 heteroatoms. The smallest absolute Gasteiger partial charge is 0.209 e. The summed E-state index contributed by atoms with van der Waals surface area (Å²) in [6.45, 7) is 2.61. The van der Waals surface area contributed by atoms with Gasteiger partial charge in [0.1, 0.15) is 0 Å². The molecule has 154 valence electrons. The number of Topliss-reactive ketones (excluding diaryl/α,β-unsaturated/α-hetero) is 1. The lowest BCUT2D eigenvalue weighted by atomic mass is 10.1. The van der Waals surface area contributed by atoms with Crippen molar-refractivity contribution in [3.8, 4) is 0 Å². The number of fused-ring (bicyclic) bond motifs is 2. The second kappa shape index (κ2) is 9.00. The highest BCUT2D eigenvalue weighted by molar-refractivity contribution is 7.15. The molecule has 0 fully saturated rings. The topological polar surface area (TPSA) is 101 Å². The summed E-state index contributed by atoms with van der Waals surface area (Å²) < 4.78 is 7.19. The summed E-state index contributed by atoms with van der Waals surface area (Å²) in [7, 11) is 1.95. The third-order valence-corrected chi connectivity index (χ3v) is 5.97. The van der Waals surface area contributed by atoms with E-state index in [0.29, 0.717) is 37.6 Å². The zero-order valence-corrected chi connectivity index (χ0v) is 17.2. The molecule has 0 saturated carbocycles. The maximum Gasteiger partial charge on any atom is 0.209 e. The van der Waals surface area contributed by atoms with Crippen LogP contribution in [0.1, 0.15) is 33.8 Å². The van der Waals surface area contributed by atoms with Crippen molar-refractivity contribution >= 4 is 39.2 Å². The fraction of sp³-hybridized carbons (Fsp3) is 0.450. The Morgan fingerprint density at radius 3 is 3.10 bits per heavy atom. The average Bonchev–Trinajstić information content (AvgIpc) is 3.28. The van der Waals surface area contributed by atoms with E-state index >= 15 is 0 Å². The lowest BCUT2D eigenvalue weighted by Gasteiger charge is -2.09. The van der Waals surface area contributed by atoms with Crippen molar-refractivity contribution < 1.29 is 14.6 Å². The molecule has 0 atom stereocenters. The summed E-state index contributed by atoms with van der Waals surface area (Å²) >= 11 is 1.65. The number of ketones is 1. The first kappa shape index (κ1) is 20.0. The molecule has 0 spiro atoms. The van der Waals surface area contributed by atoms with E-state index in [9.17, 15) is 4.79 Å². The van der Waals surface area contributed by atoms with Gasteiger partial charge in [0.05, 0.1) is 29.9 Å². The molecule has 0 saturated heterocycles. The number of anilines is 2. The molecular weight excluding hydrogens is 390 g/mol. The molecule has 3 N–H and O–H groups in total. The van der Waals surface area contributed by atoms with E-state index in [1.54, 1.807) is 11.3 Å². The number of carbonyl (C=O) groups excluding carboxylic acids is 1. The lowest BCUT2D eigenvalue weighted by Crippen LogP contribution is -2.22. The summed E-state index contributed by atoms with van der Waals surface area (Å²) in [6.07, 6.45) is 2.00. The van der Waals surface area contributed by atoms with Gasteiger partial charge in [0, 0.05) is 50.0 Å². The van der Waals surface area contributed by atoms with E-state index in [4.69, 9.17) is 14.8 Å².